The Labute approximate surface area is 147 Å². The fourth-order valence-corrected chi connectivity index (χ4v) is 2.61. The van der Waals surface area contributed by atoms with E-state index in [4.69, 9.17) is 4.74 Å². The standard InChI is InChI=1S/C19H34N4O/c1-5-15-23(7-3)16-14-22-19(20-6-2)21-13-12-17-10-8-9-11-18(17)24-4/h8-11H,5-7,12-16H2,1-4H3,(H2,20,21,22). The van der Waals surface area contributed by atoms with Crippen molar-refractivity contribution in [3.05, 3.63) is 29.8 Å². The first-order valence-corrected chi connectivity index (χ1v) is 9.11. The average molecular weight is 335 g/mol. The second-order valence-electron chi connectivity index (χ2n) is 5.68. The van der Waals surface area contributed by atoms with Gasteiger partial charge in [-0.1, -0.05) is 32.0 Å². The summed E-state index contributed by atoms with van der Waals surface area (Å²) in [6, 6.07) is 8.15. The van der Waals surface area contributed by atoms with Gasteiger partial charge in [0.25, 0.3) is 0 Å². The Morgan fingerprint density at radius 3 is 2.58 bits per heavy atom. The Morgan fingerprint density at radius 2 is 1.92 bits per heavy atom. The summed E-state index contributed by atoms with van der Waals surface area (Å²) in [4.78, 5) is 7.11. The molecule has 1 rings (SSSR count). The number of likely N-dealkylation sites (N-methyl/N-ethyl adjacent to an activating group) is 1. The third-order valence-electron chi connectivity index (χ3n) is 3.90. The predicted molar refractivity (Wildman–Crippen MR) is 103 cm³/mol. The van der Waals surface area contributed by atoms with Crippen LogP contribution in [0.15, 0.2) is 29.3 Å². The van der Waals surface area contributed by atoms with E-state index in [-0.39, 0.29) is 0 Å². The Bertz CT molecular complexity index is 476. The molecule has 0 saturated carbocycles. The van der Waals surface area contributed by atoms with Crippen LogP contribution < -0.4 is 15.4 Å². The van der Waals surface area contributed by atoms with E-state index in [1.807, 2.05) is 18.2 Å². The van der Waals surface area contributed by atoms with E-state index >= 15 is 0 Å². The second-order valence-corrected chi connectivity index (χ2v) is 5.68. The molecule has 0 aromatic heterocycles. The van der Waals surface area contributed by atoms with Crippen molar-refractivity contribution in [2.24, 2.45) is 4.99 Å². The zero-order valence-corrected chi connectivity index (χ0v) is 15.8. The number of benzene rings is 1. The van der Waals surface area contributed by atoms with Crippen LogP contribution in [0.1, 0.15) is 32.8 Å². The highest BCUT2D eigenvalue weighted by atomic mass is 16.5. The highest BCUT2D eigenvalue weighted by Gasteiger charge is 2.03. The minimum atomic E-state index is 0.817. The van der Waals surface area contributed by atoms with Gasteiger partial charge in [-0.2, -0.15) is 0 Å². The maximum atomic E-state index is 5.40. The molecule has 1 aromatic rings. The van der Waals surface area contributed by atoms with E-state index in [1.165, 1.54) is 12.0 Å². The summed E-state index contributed by atoms with van der Waals surface area (Å²) in [5, 5.41) is 6.72. The van der Waals surface area contributed by atoms with Crippen LogP contribution in [0.4, 0.5) is 0 Å². The molecule has 0 heterocycles. The van der Waals surface area contributed by atoms with Crippen LogP contribution in [-0.4, -0.2) is 57.2 Å². The summed E-state index contributed by atoms with van der Waals surface area (Å²) < 4.78 is 5.40. The van der Waals surface area contributed by atoms with Crippen LogP contribution in [0.25, 0.3) is 0 Å². The van der Waals surface area contributed by atoms with Gasteiger partial charge in [0.05, 0.1) is 13.7 Å². The fourth-order valence-electron chi connectivity index (χ4n) is 2.61. The number of para-hydroxylation sites is 1. The van der Waals surface area contributed by atoms with Gasteiger partial charge in [0.1, 0.15) is 5.75 Å². The van der Waals surface area contributed by atoms with E-state index in [0.717, 1.165) is 57.4 Å². The molecule has 0 fully saturated rings. The van der Waals surface area contributed by atoms with Gasteiger partial charge in [0, 0.05) is 19.6 Å². The number of aliphatic imine (C=N–C) groups is 1. The summed E-state index contributed by atoms with van der Waals surface area (Å²) >= 11 is 0. The van der Waals surface area contributed by atoms with Crippen LogP contribution >= 0.6 is 0 Å². The van der Waals surface area contributed by atoms with Crippen LogP contribution in [0.3, 0.4) is 0 Å². The largest absolute Gasteiger partial charge is 0.496 e. The fraction of sp³-hybridized carbons (Fsp3) is 0.632. The summed E-state index contributed by atoms with van der Waals surface area (Å²) in [6.07, 6.45) is 2.10. The van der Waals surface area contributed by atoms with Gasteiger partial charge in [-0.3, -0.25) is 4.99 Å². The SMILES string of the molecule is CCCN(CC)CCN=C(NCC)NCCc1ccccc1OC. The van der Waals surface area contributed by atoms with E-state index in [2.05, 4.69) is 47.4 Å². The number of hydrogen-bond acceptors (Lipinski definition) is 3. The third-order valence-corrected chi connectivity index (χ3v) is 3.90. The molecule has 0 spiro atoms. The van der Waals surface area contributed by atoms with E-state index in [9.17, 15) is 0 Å². The molecule has 24 heavy (non-hydrogen) atoms. The topological polar surface area (TPSA) is 48.9 Å². The lowest BCUT2D eigenvalue weighted by Gasteiger charge is -2.18. The van der Waals surface area contributed by atoms with Crippen LogP contribution in [0.5, 0.6) is 5.75 Å². The summed E-state index contributed by atoms with van der Waals surface area (Å²) in [5.74, 6) is 1.83. The van der Waals surface area contributed by atoms with Gasteiger partial charge in [0.15, 0.2) is 5.96 Å². The molecule has 0 atom stereocenters. The highest BCUT2D eigenvalue weighted by Crippen LogP contribution is 2.17. The lowest BCUT2D eigenvalue weighted by Crippen LogP contribution is -2.39. The van der Waals surface area contributed by atoms with Gasteiger partial charge in [-0.05, 0) is 44.5 Å². The van der Waals surface area contributed by atoms with Gasteiger partial charge in [0.2, 0.25) is 0 Å². The highest BCUT2D eigenvalue weighted by molar-refractivity contribution is 5.79. The molecule has 0 unspecified atom stereocenters. The first-order valence-electron chi connectivity index (χ1n) is 9.11. The molecule has 0 amide bonds. The number of ether oxygens (including phenoxy) is 1. The number of rotatable bonds is 11. The number of hydrogen-bond donors (Lipinski definition) is 2. The molecule has 0 radical (unpaired) electrons. The lowest BCUT2D eigenvalue weighted by atomic mass is 10.1. The van der Waals surface area contributed by atoms with E-state index in [0.29, 0.717) is 0 Å². The Balaban J connectivity index is 2.45. The van der Waals surface area contributed by atoms with Crippen molar-refractivity contribution in [1.82, 2.24) is 15.5 Å². The molecule has 0 saturated heterocycles. The normalized spacial score (nSPS) is 11.6. The van der Waals surface area contributed by atoms with Crippen LogP contribution in [0.2, 0.25) is 0 Å². The van der Waals surface area contributed by atoms with Crippen LogP contribution in [-0.2, 0) is 6.42 Å². The van der Waals surface area contributed by atoms with Crippen molar-refractivity contribution in [1.29, 1.82) is 0 Å². The molecule has 136 valence electrons. The smallest absolute Gasteiger partial charge is 0.191 e. The molecular weight excluding hydrogens is 300 g/mol. The maximum absolute atomic E-state index is 5.40. The van der Waals surface area contributed by atoms with Gasteiger partial charge < -0.3 is 20.3 Å². The maximum Gasteiger partial charge on any atom is 0.191 e. The third kappa shape index (κ3) is 7.68. The van der Waals surface area contributed by atoms with Crippen molar-refractivity contribution < 1.29 is 4.74 Å². The van der Waals surface area contributed by atoms with Gasteiger partial charge in [-0.15, -0.1) is 0 Å². The Kier molecular flexibility index (Phi) is 10.7. The molecule has 0 aliphatic heterocycles. The Hall–Kier alpha value is -1.75. The monoisotopic (exact) mass is 334 g/mol. The number of methoxy groups -OCH3 is 1. The molecule has 5 nitrogen and oxygen atoms in total. The lowest BCUT2D eigenvalue weighted by molar-refractivity contribution is 0.297. The van der Waals surface area contributed by atoms with Crippen molar-refractivity contribution in [3.8, 4) is 5.75 Å². The molecule has 0 bridgehead atoms. The number of guanidine groups is 1. The minimum Gasteiger partial charge on any atom is -0.496 e. The first kappa shape index (κ1) is 20.3. The number of nitrogens with one attached hydrogen (secondary N) is 2. The molecule has 0 aliphatic carbocycles. The molecular formula is C19H34N4O. The van der Waals surface area contributed by atoms with Crippen LogP contribution in [0, 0.1) is 0 Å². The quantitative estimate of drug-likeness (QED) is 0.482. The molecule has 5 heteroatoms. The van der Waals surface area contributed by atoms with E-state index in [1.54, 1.807) is 7.11 Å². The van der Waals surface area contributed by atoms with Crippen molar-refractivity contribution in [2.45, 2.75) is 33.6 Å². The summed E-state index contributed by atoms with van der Waals surface area (Å²) in [7, 11) is 1.72. The van der Waals surface area contributed by atoms with Crippen molar-refractivity contribution >= 4 is 5.96 Å². The average Bonchev–Trinajstić information content (AvgIpc) is 2.61. The minimum absolute atomic E-state index is 0.817. The van der Waals surface area contributed by atoms with Gasteiger partial charge >= 0.3 is 0 Å². The summed E-state index contributed by atoms with van der Waals surface area (Å²) in [5.41, 5.74) is 1.21. The zero-order valence-electron chi connectivity index (χ0n) is 15.8. The molecule has 2 N–H and O–H groups in total. The summed E-state index contributed by atoms with van der Waals surface area (Å²) in [6.45, 7) is 12.3. The Morgan fingerprint density at radius 1 is 1.12 bits per heavy atom. The second kappa shape index (κ2) is 12.6. The molecule has 1 aromatic carbocycles. The zero-order chi connectivity index (χ0) is 17.6. The van der Waals surface area contributed by atoms with E-state index < -0.39 is 0 Å². The van der Waals surface area contributed by atoms with Crippen molar-refractivity contribution in [3.63, 3.8) is 0 Å². The molecule has 0 aliphatic rings. The number of nitrogens with zero attached hydrogens (tertiary/aromatic N) is 2. The van der Waals surface area contributed by atoms with Crippen molar-refractivity contribution in [2.75, 3.05) is 46.4 Å². The predicted octanol–water partition coefficient (Wildman–Crippen LogP) is 2.52. The first-order chi connectivity index (χ1) is 11.7. The van der Waals surface area contributed by atoms with Gasteiger partial charge in [-0.25, -0.2) is 0 Å².